The van der Waals surface area contributed by atoms with Crippen LogP contribution in [0.25, 0.3) is 6.08 Å². The van der Waals surface area contributed by atoms with Crippen molar-refractivity contribution in [1.82, 2.24) is 9.80 Å². The van der Waals surface area contributed by atoms with Crippen LogP contribution in [0.3, 0.4) is 0 Å². The van der Waals surface area contributed by atoms with Crippen LogP contribution >= 0.6 is 11.6 Å². The van der Waals surface area contributed by atoms with Crippen LogP contribution < -0.4 is 9.47 Å². The number of piperazine rings is 1. The minimum absolute atomic E-state index is 0.0887. The van der Waals surface area contributed by atoms with E-state index in [1.54, 1.807) is 30.2 Å². The van der Waals surface area contributed by atoms with Gasteiger partial charge in [-0.1, -0.05) is 18.5 Å². The molecule has 2 rings (SSSR count). The van der Waals surface area contributed by atoms with Gasteiger partial charge in [0.2, 0.25) is 5.91 Å². The first-order valence-corrected chi connectivity index (χ1v) is 12.0. The third-order valence-corrected chi connectivity index (χ3v) is 5.79. The van der Waals surface area contributed by atoms with Crippen molar-refractivity contribution in [3.63, 3.8) is 0 Å². The number of amides is 1. The number of hydrogen-bond acceptors (Lipinski definition) is 6. The highest BCUT2D eigenvalue weighted by molar-refractivity contribution is 7.90. The summed E-state index contributed by atoms with van der Waals surface area (Å²) < 4.78 is 33.6. The lowest BCUT2D eigenvalue weighted by molar-refractivity contribution is -0.127. The molecule has 0 N–H and O–H groups in total. The maximum absolute atomic E-state index is 12.5. The molecule has 0 saturated carbocycles. The van der Waals surface area contributed by atoms with Gasteiger partial charge < -0.3 is 14.4 Å². The molecule has 1 fully saturated rings. The van der Waals surface area contributed by atoms with E-state index in [4.69, 9.17) is 21.1 Å². The molecule has 1 aliphatic rings. The van der Waals surface area contributed by atoms with Gasteiger partial charge in [0, 0.05) is 45.1 Å². The smallest absolute Gasteiger partial charge is 0.246 e. The highest BCUT2D eigenvalue weighted by Crippen LogP contribution is 2.36. The normalized spacial score (nSPS) is 15.7. The van der Waals surface area contributed by atoms with Gasteiger partial charge in [-0.05, 0) is 30.2 Å². The third-order valence-electron chi connectivity index (χ3n) is 4.58. The van der Waals surface area contributed by atoms with Crippen LogP contribution in [0.1, 0.15) is 18.9 Å². The summed E-state index contributed by atoms with van der Waals surface area (Å²) >= 11 is 6.31. The van der Waals surface area contributed by atoms with Gasteiger partial charge in [-0.25, -0.2) is 8.42 Å². The molecule has 0 aromatic heterocycles. The first-order valence-electron chi connectivity index (χ1n) is 9.61. The van der Waals surface area contributed by atoms with E-state index in [9.17, 15) is 13.2 Å². The van der Waals surface area contributed by atoms with Crippen molar-refractivity contribution in [1.29, 1.82) is 0 Å². The summed E-state index contributed by atoms with van der Waals surface area (Å²) in [6, 6.07) is 3.52. The molecule has 0 unspecified atom stereocenters. The number of benzene rings is 1. The van der Waals surface area contributed by atoms with Crippen LogP contribution in [-0.2, 0) is 14.6 Å². The maximum atomic E-state index is 12.5. The van der Waals surface area contributed by atoms with Crippen molar-refractivity contribution in [3.05, 3.63) is 28.8 Å². The monoisotopic (exact) mass is 444 g/mol. The highest BCUT2D eigenvalue weighted by atomic mass is 35.5. The number of hydrogen-bond donors (Lipinski definition) is 0. The molecule has 162 valence electrons. The van der Waals surface area contributed by atoms with Crippen molar-refractivity contribution in [2.45, 2.75) is 13.3 Å². The maximum Gasteiger partial charge on any atom is 0.246 e. The van der Waals surface area contributed by atoms with Gasteiger partial charge in [0.05, 0.1) is 24.5 Å². The molecule has 0 atom stereocenters. The zero-order valence-electron chi connectivity index (χ0n) is 17.2. The molecule has 0 spiro atoms. The molecule has 29 heavy (non-hydrogen) atoms. The number of methoxy groups -OCH3 is 1. The second-order valence-corrected chi connectivity index (χ2v) is 9.68. The molecule has 1 heterocycles. The molecule has 7 nitrogen and oxygen atoms in total. The van der Waals surface area contributed by atoms with E-state index >= 15 is 0 Å². The summed E-state index contributed by atoms with van der Waals surface area (Å²) in [5.41, 5.74) is 0.746. The lowest BCUT2D eigenvalue weighted by atomic mass is 10.1. The Labute approximate surface area is 178 Å². The van der Waals surface area contributed by atoms with Crippen LogP contribution in [0.5, 0.6) is 11.5 Å². The van der Waals surface area contributed by atoms with E-state index in [0.717, 1.165) is 12.0 Å². The first kappa shape index (κ1) is 23.5. The van der Waals surface area contributed by atoms with Crippen LogP contribution in [0.15, 0.2) is 18.2 Å². The van der Waals surface area contributed by atoms with Crippen molar-refractivity contribution < 1.29 is 22.7 Å². The van der Waals surface area contributed by atoms with E-state index in [2.05, 4.69) is 4.90 Å². The lowest BCUT2D eigenvalue weighted by Gasteiger charge is -2.34. The Morgan fingerprint density at radius 1 is 1.24 bits per heavy atom. The number of ether oxygens (including phenoxy) is 2. The largest absolute Gasteiger partial charge is 0.493 e. The summed E-state index contributed by atoms with van der Waals surface area (Å²) in [6.45, 7) is 5.52. The molecule has 1 aromatic rings. The summed E-state index contributed by atoms with van der Waals surface area (Å²) in [5, 5.41) is 0.435. The Kier molecular flexibility index (Phi) is 8.79. The van der Waals surface area contributed by atoms with Gasteiger partial charge in [0.15, 0.2) is 11.5 Å². The Hall–Kier alpha value is -1.77. The lowest BCUT2D eigenvalue weighted by Crippen LogP contribution is -2.49. The Morgan fingerprint density at radius 3 is 2.52 bits per heavy atom. The average molecular weight is 445 g/mol. The Bertz CT molecular complexity index is 834. The van der Waals surface area contributed by atoms with E-state index in [1.807, 2.05) is 6.92 Å². The van der Waals surface area contributed by atoms with Crippen LogP contribution in [0, 0.1) is 0 Å². The Morgan fingerprint density at radius 2 is 1.93 bits per heavy atom. The summed E-state index contributed by atoms with van der Waals surface area (Å²) in [7, 11) is -1.43. The fraction of sp³-hybridized carbons (Fsp3) is 0.550. The zero-order valence-corrected chi connectivity index (χ0v) is 18.8. The number of sulfone groups is 1. The predicted molar refractivity (Wildman–Crippen MR) is 116 cm³/mol. The van der Waals surface area contributed by atoms with Crippen LogP contribution in [0.4, 0.5) is 0 Å². The number of carbonyl (C=O) groups excluding carboxylic acids is 1. The summed E-state index contributed by atoms with van der Waals surface area (Å²) in [6.07, 6.45) is 5.32. The van der Waals surface area contributed by atoms with Crippen LogP contribution in [0.2, 0.25) is 5.02 Å². The SMILES string of the molecule is CCCOc1c(Cl)cc(/C=C/C(=O)N2CCN(CCS(C)(=O)=O)CC2)cc1OC. The number of rotatable bonds is 9. The molecule has 0 bridgehead atoms. The van der Waals surface area contributed by atoms with Gasteiger partial charge in [0.25, 0.3) is 0 Å². The average Bonchev–Trinajstić information content (AvgIpc) is 2.69. The van der Waals surface area contributed by atoms with Gasteiger partial charge in [-0.2, -0.15) is 0 Å². The second-order valence-electron chi connectivity index (χ2n) is 7.01. The quantitative estimate of drug-likeness (QED) is 0.544. The summed E-state index contributed by atoms with van der Waals surface area (Å²) in [4.78, 5) is 16.3. The molecule has 9 heteroatoms. The van der Waals surface area contributed by atoms with E-state index in [1.165, 1.54) is 12.3 Å². The molecule has 1 saturated heterocycles. The second kappa shape index (κ2) is 10.8. The fourth-order valence-electron chi connectivity index (χ4n) is 2.94. The first-order chi connectivity index (χ1) is 13.7. The number of halogens is 1. The number of carbonyl (C=O) groups is 1. The van der Waals surface area contributed by atoms with E-state index in [0.29, 0.717) is 55.9 Å². The fourth-order valence-corrected chi connectivity index (χ4v) is 3.80. The van der Waals surface area contributed by atoms with Crippen molar-refractivity contribution >= 4 is 33.4 Å². The molecular weight excluding hydrogens is 416 g/mol. The molecule has 1 aliphatic heterocycles. The van der Waals surface area contributed by atoms with Crippen molar-refractivity contribution in [2.75, 3.05) is 58.4 Å². The summed E-state index contributed by atoms with van der Waals surface area (Å²) in [5.74, 6) is 1.08. The molecule has 0 radical (unpaired) electrons. The molecule has 0 aliphatic carbocycles. The highest BCUT2D eigenvalue weighted by Gasteiger charge is 2.20. The number of nitrogens with zero attached hydrogens (tertiary/aromatic N) is 2. The minimum atomic E-state index is -2.97. The predicted octanol–water partition coefficient (Wildman–Crippen LogP) is 2.34. The third kappa shape index (κ3) is 7.53. The van der Waals surface area contributed by atoms with Gasteiger partial charge >= 0.3 is 0 Å². The Balaban J connectivity index is 1.95. The topological polar surface area (TPSA) is 76.2 Å². The molecule has 1 amide bonds. The van der Waals surface area contributed by atoms with Crippen molar-refractivity contribution in [2.24, 2.45) is 0 Å². The molecular formula is C20H29ClN2O5S. The minimum Gasteiger partial charge on any atom is -0.493 e. The zero-order chi connectivity index (χ0) is 21.4. The van der Waals surface area contributed by atoms with Gasteiger partial charge in [-0.3, -0.25) is 9.69 Å². The standard InChI is InChI=1S/C20H29ClN2O5S/c1-4-12-28-20-17(21)14-16(15-18(20)27-2)5-6-19(24)23-9-7-22(8-10-23)11-13-29(3,25)26/h5-6,14-15H,4,7-13H2,1-3H3/b6-5+. The molecule has 1 aromatic carbocycles. The van der Waals surface area contributed by atoms with E-state index < -0.39 is 9.84 Å². The van der Waals surface area contributed by atoms with Gasteiger partial charge in [0.1, 0.15) is 9.84 Å². The van der Waals surface area contributed by atoms with Crippen LogP contribution in [-0.4, -0.2) is 82.6 Å². The van der Waals surface area contributed by atoms with E-state index in [-0.39, 0.29) is 11.7 Å². The van der Waals surface area contributed by atoms with Crippen molar-refractivity contribution in [3.8, 4) is 11.5 Å². The van der Waals surface area contributed by atoms with Gasteiger partial charge in [-0.15, -0.1) is 0 Å².